The van der Waals surface area contributed by atoms with E-state index in [0.29, 0.717) is 12.0 Å². The minimum Gasteiger partial charge on any atom is -0.222 e. The van der Waals surface area contributed by atoms with E-state index in [2.05, 4.69) is 55.0 Å². The van der Waals surface area contributed by atoms with Gasteiger partial charge >= 0.3 is 0 Å². The molecule has 0 N–H and O–H groups in total. The van der Waals surface area contributed by atoms with Gasteiger partial charge in [0, 0.05) is 0 Å². The smallest absolute Gasteiger partial charge is 0.0952 e. The standard InChI is InChI=1S/C18H26N2/c1-4-15-9-5-7-11-17(15)19-13-20-18-12-8-6-10-16(18)14(2)3/h6,8,10,12,14-15,17H,4-5,7,9,11H2,1-3H3. The van der Waals surface area contributed by atoms with E-state index in [0.717, 1.165) is 11.6 Å². The van der Waals surface area contributed by atoms with Crippen LogP contribution < -0.4 is 0 Å². The lowest BCUT2D eigenvalue weighted by Crippen LogP contribution is -2.22. The Hall–Kier alpha value is -1.40. The molecule has 1 saturated carbocycles. The van der Waals surface area contributed by atoms with Crippen molar-refractivity contribution in [3.8, 4) is 0 Å². The summed E-state index contributed by atoms with van der Waals surface area (Å²) in [5.41, 5.74) is 2.28. The van der Waals surface area contributed by atoms with Crippen molar-refractivity contribution in [3.63, 3.8) is 0 Å². The molecule has 0 spiro atoms. The summed E-state index contributed by atoms with van der Waals surface area (Å²) in [4.78, 5) is 9.09. The summed E-state index contributed by atoms with van der Waals surface area (Å²) in [7, 11) is 0. The Balaban J connectivity index is 2.14. The number of nitrogens with zero attached hydrogens (tertiary/aromatic N) is 2. The van der Waals surface area contributed by atoms with Crippen molar-refractivity contribution < 1.29 is 0 Å². The van der Waals surface area contributed by atoms with Crippen molar-refractivity contribution in [1.29, 1.82) is 0 Å². The van der Waals surface area contributed by atoms with Crippen molar-refractivity contribution in [1.82, 2.24) is 0 Å². The van der Waals surface area contributed by atoms with Crippen LogP contribution >= 0.6 is 0 Å². The van der Waals surface area contributed by atoms with E-state index in [9.17, 15) is 0 Å². The van der Waals surface area contributed by atoms with Crippen molar-refractivity contribution in [3.05, 3.63) is 29.8 Å². The first-order valence-electron chi connectivity index (χ1n) is 7.96. The molecule has 108 valence electrons. The molecule has 0 bridgehead atoms. The van der Waals surface area contributed by atoms with Gasteiger partial charge in [-0.2, -0.15) is 4.99 Å². The van der Waals surface area contributed by atoms with E-state index in [1.807, 2.05) is 6.07 Å². The van der Waals surface area contributed by atoms with E-state index in [-0.39, 0.29) is 0 Å². The van der Waals surface area contributed by atoms with Crippen molar-refractivity contribution in [2.24, 2.45) is 15.9 Å². The average molecular weight is 270 g/mol. The van der Waals surface area contributed by atoms with Gasteiger partial charge in [-0.25, -0.2) is 4.99 Å². The summed E-state index contributed by atoms with van der Waals surface area (Å²) in [6, 6.07) is 11.7. The van der Waals surface area contributed by atoms with Crippen LogP contribution in [0, 0.1) is 5.92 Å². The molecule has 1 aliphatic rings. The Bertz CT molecular complexity index is 484. The van der Waals surface area contributed by atoms with Crippen LogP contribution in [0.5, 0.6) is 0 Å². The van der Waals surface area contributed by atoms with Crippen LogP contribution in [0.1, 0.15) is 64.4 Å². The predicted octanol–water partition coefficient (Wildman–Crippen LogP) is 5.58. The number of aliphatic imine (C=N–C) groups is 2. The Kier molecular flexibility index (Phi) is 5.55. The van der Waals surface area contributed by atoms with Crippen molar-refractivity contribution in [2.75, 3.05) is 0 Å². The summed E-state index contributed by atoms with van der Waals surface area (Å²) in [6.07, 6.45) is 6.40. The Morgan fingerprint density at radius 3 is 2.70 bits per heavy atom. The lowest BCUT2D eigenvalue weighted by Gasteiger charge is -2.26. The number of benzene rings is 1. The predicted molar refractivity (Wildman–Crippen MR) is 86.1 cm³/mol. The van der Waals surface area contributed by atoms with Gasteiger partial charge in [0.05, 0.1) is 17.7 Å². The van der Waals surface area contributed by atoms with Gasteiger partial charge in [0.25, 0.3) is 0 Å². The second-order valence-corrected chi connectivity index (χ2v) is 6.07. The summed E-state index contributed by atoms with van der Waals surface area (Å²) >= 11 is 0. The Morgan fingerprint density at radius 2 is 1.95 bits per heavy atom. The van der Waals surface area contributed by atoms with Crippen LogP contribution in [-0.4, -0.2) is 12.1 Å². The van der Waals surface area contributed by atoms with E-state index in [1.54, 1.807) is 0 Å². The maximum absolute atomic E-state index is 4.61. The second-order valence-electron chi connectivity index (χ2n) is 6.07. The molecule has 1 fully saturated rings. The highest BCUT2D eigenvalue weighted by molar-refractivity contribution is 5.57. The third-order valence-electron chi connectivity index (χ3n) is 4.35. The lowest BCUT2D eigenvalue weighted by atomic mass is 9.83. The van der Waals surface area contributed by atoms with E-state index >= 15 is 0 Å². The van der Waals surface area contributed by atoms with E-state index < -0.39 is 0 Å². The first kappa shape index (κ1) is 15.0. The Labute approximate surface area is 123 Å². The molecule has 2 rings (SSSR count). The molecule has 2 atom stereocenters. The maximum atomic E-state index is 4.61. The molecule has 0 radical (unpaired) electrons. The van der Waals surface area contributed by atoms with Crippen LogP contribution in [0.3, 0.4) is 0 Å². The first-order valence-corrected chi connectivity index (χ1v) is 7.96. The van der Waals surface area contributed by atoms with Gasteiger partial charge in [0.1, 0.15) is 0 Å². The number of rotatable bonds is 4. The van der Waals surface area contributed by atoms with Gasteiger partial charge < -0.3 is 0 Å². The van der Waals surface area contributed by atoms with Crippen LogP contribution in [0.2, 0.25) is 0 Å². The first-order chi connectivity index (χ1) is 9.72. The topological polar surface area (TPSA) is 24.7 Å². The molecular formula is C18H26N2. The molecule has 1 aromatic rings. The summed E-state index contributed by atoms with van der Waals surface area (Å²) in [5.74, 6) is 1.21. The number of para-hydroxylation sites is 1. The summed E-state index contributed by atoms with van der Waals surface area (Å²) < 4.78 is 0. The van der Waals surface area contributed by atoms with Crippen molar-refractivity contribution in [2.45, 2.75) is 64.8 Å². The maximum Gasteiger partial charge on any atom is 0.0952 e. The van der Waals surface area contributed by atoms with Crippen LogP contribution in [-0.2, 0) is 0 Å². The van der Waals surface area contributed by atoms with Gasteiger partial charge in [-0.15, -0.1) is 0 Å². The molecule has 2 unspecified atom stereocenters. The van der Waals surface area contributed by atoms with Gasteiger partial charge in [-0.1, -0.05) is 58.2 Å². The van der Waals surface area contributed by atoms with Gasteiger partial charge in [-0.3, -0.25) is 0 Å². The van der Waals surface area contributed by atoms with Crippen LogP contribution in [0.4, 0.5) is 5.69 Å². The second kappa shape index (κ2) is 7.40. The highest BCUT2D eigenvalue weighted by atomic mass is 14.9. The SMILES string of the molecule is CCC1CCCCC1N=C=Nc1ccccc1C(C)C. The summed E-state index contributed by atoms with van der Waals surface area (Å²) in [6.45, 7) is 6.66. The van der Waals surface area contributed by atoms with Gasteiger partial charge in [0.2, 0.25) is 0 Å². The van der Waals surface area contributed by atoms with Crippen LogP contribution in [0.25, 0.3) is 0 Å². The third kappa shape index (κ3) is 3.80. The lowest BCUT2D eigenvalue weighted by molar-refractivity contribution is 0.303. The zero-order valence-electron chi connectivity index (χ0n) is 13.0. The third-order valence-corrected chi connectivity index (χ3v) is 4.35. The molecule has 2 nitrogen and oxygen atoms in total. The van der Waals surface area contributed by atoms with Gasteiger partial charge in [0.15, 0.2) is 0 Å². The van der Waals surface area contributed by atoms with Gasteiger partial charge in [-0.05, 0) is 36.3 Å². The molecule has 1 aliphatic carbocycles. The van der Waals surface area contributed by atoms with E-state index in [1.165, 1.54) is 37.7 Å². The molecule has 0 heterocycles. The fourth-order valence-corrected chi connectivity index (χ4v) is 3.07. The van der Waals surface area contributed by atoms with Crippen LogP contribution in [0.15, 0.2) is 34.3 Å². The minimum atomic E-state index is 0.434. The number of hydrogen-bond donors (Lipinski definition) is 0. The largest absolute Gasteiger partial charge is 0.222 e. The Morgan fingerprint density at radius 1 is 1.20 bits per heavy atom. The molecule has 0 aromatic heterocycles. The number of hydrogen-bond acceptors (Lipinski definition) is 2. The monoisotopic (exact) mass is 270 g/mol. The average Bonchev–Trinajstić information content (AvgIpc) is 2.48. The fourth-order valence-electron chi connectivity index (χ4n) is 3.07. The molecule has 1 aromatic carbocycles. The molecule has 0 saturated heterocycles. The molecule has 2 heteroatoms. The van der Waals surface area contributed by atoms with Crippen molar-refractivity contribution >= 4 is 11.7 Å². The molecular weight excluding hydrogens is 244 g/mol. The fraction of sp³-hybridized carbons (Fsp3) is 0.611. The zero-order valence-corrected chi connectivity index (χ0v) is 13.0. The minimum absolute atomic E-state index is 0.434. The molecule has 0 aliphatic heterocycles. The normalized spacial score (nSPS) is 22.4. The van der Waals surface area contributed by atoms with E-state index in [4.69, 9.17) is 0 Å². The molecule has 0 amide bonds. The highest BCUT2D eigenvalue weighted by Crippen LogP contribution is 2.29. The molecule has 20 heavy (non-hydrogen) atoms. The summed E-state index contributed by atoms with van der Waals surface area (Å²) in [5, 5.41) is 0. The zero-order chi connectivity index (χ0) is 14.4. The highest BCUT2D eigenvalue weighted by Gasteiger charge is 2.22. The quantitative estimate of drug-likeness (QED) is 0.638.